The number of aromatic nitrogens is 1. The van der Waals surface area contributed by atoms with E-state index in [0.29, 0.717) is 37.0 Å². The van der Waals surface area contributed by atoms with Crippen molar-refractivity contribution < 1.29 is 23.8 Å². The van der Waals surface area contributed by atoms with Crippen LogP contribution in [0, 0.1) is 5.82 Å². The Bertz CT molecular complexity index is 737. The Hall–Kier alpha value is -2.41. The number of rotatable bonds is 4. The van der Waals surface area contributed by atoms with E-state index in [1.165, 1.54) is 17.0 Å². The maximum atomic E-state index is 13.8. The molecular formula is C16H17FN2O4. The maximum Gasteiger partial charge on any atom is 0.323 e. The Kier molecular flexibility index (Phi) is 4.29. The molecule has 2 aromatic rings. The molecule has 2 N–H and O–H groups in total. The van der Waals surface area contributed by atoms with E-state index in [1.54, 1.807) is 12.1 Å². The number of carboxylic acids is 1. The van der Waals surface area contributed by atoms with Crippen molar-refractivity contribution in [3.05, 3.63) is 35.8 Å². The number of carboxylic acid groups (broad SMARTS) is 1. The number of H-pyrrole nitrogens is 1. The molecule has 6 nitrogen and oxygen atoms in total. The second-order valence-electron chi connectivity index (χ2n) is 5.55. The van der Waals surface area contributed by atoms with Gasteiger partial charge in [0.15, 0.2) is 0 Å². The van der Waals surface area contributed by atoms with E-state index in [9.17, 15) is 14.0 Å². The van der Waals surface area contributed by atoms with E-state index < -0.39 is 17.7 Å². The zero-order chi connectivity index (χ0) is 16.4. The summed E-state index contributed by atoms with van der Waals surface area (Å²) < 4.78 is 19.0. The summed E-state index contributed by atoms with van der Waals surface area (Å²) in [4.78, 5) is 28.0. The van der Waals surface area contributed by atoms with Crippen LogP contribution in [0.2, 0.25) is 0 Å². The topological polar surface area (TPSA) is 82.6 Å². The van der Waals surface area contributed by atoms with Gasteiger partial charge < -0.3 is 19.7 Å². The molecule has 2 heterocycles. The van der Waals surface area contributed by atoms with Crippen molar-refractivity contribution in [2.75, 3.05) is 19.8 Å². The van der Waals surface area contributed by atoms with E-state index in [2.05, 4.69) is 4.98 Å². The van der Waals surface area contributed by atoms with E-state index in [4.69, 9.17) is 9.84 Å². The van der Waals surface area contributed by atoms with Gasteiger partial charge >= 0.3 is 5.97 Å². The van der Waals surface area contributed by atoms with Gasteiger partial charge in [0.2, 0.25) is 0 Å². The summed E-state index contributed by atoms with van der Waals surface area (Å²) >= 11 is 0. The molecule has 1 fully saturated rings. The fraction of sp³-hybridized carbons (Fsp3) is 0.375. The van der Waals surface area contributed by atoms with E-state index in [0.717, 1.165) is 0 Å². The molecule has 0 spiro atoms. The number of ether oxygens (including phenoxy) is 1. The minimum absolute atomic E-state index is 0.191. The van der Waals surface area contributed by atoms with Gasteiger partial charge in [0, 0.05) is 30.2 Å². The molecule has 7 heteroatoms. The number of benzene rings is 1. The first kappa shape index (κ1) is 15.5. The van der Waals surface area contributed by atoms with Crippen molar-refractivity contribution in [2.24, 2.45) is 0 Å². The molecule has 1 aliphatic rings. The van der Waals surface area contributed by atoms with Gasteiger partial charge in [0.1, 0.15) is 18.1 Å². The van der Waals surface area contributed by atoms with Gasteiger partial charge in [-0.05, 0) is 31.0 Å². The fourth-order valence-corrected chi connectivity index (χ4v) is 2.90. The lowest BCUT2D eigenvalue weighted by Gasteiger charge is -2.32. The summed E-state index contributed by atoms with van der Waals surface area (Å²) in [6.07, 6.45) is 1.18. The molecule has 1 amide bonds. The van der Waals surface area contributed by atoms with E-state index >= 15 is 0 Å². The molecule has 0 atom stereocenters. The Morgan fingerprint density at radius 3 is 2.74 bits per heavy atom. The quantitative estimate of drug-likeness (QED) is 0.903. The van der Waals surface area contributed by atoms with E-state index in [1.807, 2.05) is 0 Å². The molecule has 1 aromatic heterocycles. The number of hydrogen-bond acceptors (Lipinski definition) is 3. The second-order valence-corrected chi connectivity index (χ2v) is 5.55. The zero-order valence-electron chi connectivity index (χ0n) is 12.4. The van der Waals surface area contributed by atoms with Crippen molar-refractivity contribution in [3.63, 3.8) is 0 Å². The first-order valence-electron chi connectivity index (χ1n) is 7.44. The second kappa shape index (κ2) is 6.37. The zero-order valence-corrected chi connectivity index (χ0v) is 12.4. The maximum absolute atomic E-state index is 13.8. The minimum Gasteiger partial charge on any atom is -0.480 e. The first-order valence-corrected chi connectivity index (χ1v) is 7.44. The summed E-state index contributed by atoms with van der Waals surface area (Å²) in [6.45, 7) is 0.603. The van der Waals surface area contributed by atoms with Crippen LogP contribution in [0.3, 0.4) is 0 Å². The predicted octanol–water partition coefficient (Wildman–Crippen LogP) is 2.01. The number of fused-ring (bicyclic) bond motifs is 1. The number of carbonyl (C=O) groups excluding carboxylic acids is 1. The van der Waals surface area contributed by atoms with Gasteiger partial charge in [-0.3, -0.25) is 9.59 Å². The Labute approximate surface area is 131 Å². The van der Waals surface area contributed by atoms with Crippen molar-refractivity contribution >= 4 is 22.8 Å². The highest BCUT2D eigenvalue weighted by atomic mass is 19.1. The summed E-state index contributed by atoms with van der Waals surface area (Å²) in [6, 6.07) is 5.78. The molecule has 0 unspecified atom stereocenters. The van der Waals surface area contributed by atoms with Crippen molar-refractivity contribution in [3.8, 4) is 0 Å². The number of hydrogen-bond donors (Lipinski definition) is 2. The monoisotopic (exact) mass is 320 g/mol. The van der Waals surface area contributed by atoms with Crippen molar-refractivity contribution in [1.82, 2.24) is 9.88 Å². The van der Waals surface area contributed by atoms with Gasteiger partial charge in [-0.1, -0.05) is 6.07 Å². The smallest absolute Gasteiger partial charge is 0.323 e. The number of halogens is 1. The minimum atomic E-state index is -1.08. The molecule has 122 valence electrons. The summed E-state index contributed by atoms with van der Waals surface area (Å²) in [5, 5.41) is 9.42. The van der Waals surface area contributed by atoms with Gasteiger partial charge in [0.25, 0.3) is 5.91 Å². The average Bonchev–Trinajstić information content (AvgIpc) is 2.98. The molecule has 3 rings (SSSR count). The molecular weight excluding hydrogens is 303 g/mol. The number of nitrogens with one attached hydrogen (secondary N) is 1. The van der Waals surface area contributed by atoms with Crippen LogP contribution in [0.4, 0.5) is 4.39 Å². The fourth-order valence-electron chi connectivity index (χ4n) is 2.90. The van der Waals surface area contributed by atoms with Crippen LogP contribution in [0.1, 0.15) is 23.3 Å². The van der Waals surface area contributed by atoms with Gasteiger partial charge in [0.05, 0.1) is 0 Å². The lowest BCUT2D eigenvalue weighted by atomic mass is 10.1. The highest BCUT2D eigenvalue weighted by Gasteiger charge is 2.29. The number of amides is 1. The summed E-state index contributed by atoms with van der Waals surface area (Å²) in [5.41, 5.74) is 0.702. The van der Waals surface area contributed by atoms with Crippen LogP contribution in [0.25, 0.3) is 10.9 Å². The Morgan fingerprint density at radius 2 is 2.09 bits per heavy atom. The van der Waals surface area contributed by atoms with Gasteiger partial charge in [-0.2, -0.15) is 0 Å². The summed E-state index contributed by atoms with van der Waals surface area (Å²) in [5.74, 6) is -1.93. The molecule has 23 heavy (non-hydrogen) atoms. The van der Waals surface area contributed by atoms with Crippen LogP contribution >= 0.6 is 0 Å². The van der Waals surface area contributed by atoms with Crippen LogP contribution in [0.15, 0.2) is 24.3 Å². The molecule has 1 aromatic carbocycles. The molecule has 1 aliphatic heterocycles. The standard InChI is InChI=1S/C16H17FN2O4/c17-12-2-1-3-13-11(12)8-14(18-13)16(22)19(9-15(20)21)10-4-6-23-7-5-10/h1-3,8,10,18H,4-7,9H2,(H,20,21). The molecule has 1 saturated heterocycles. The Morgan fingerprint density at radius 1 is 1.35 bits per heavy atom. The molecule has 0 radical (unpaired) electrons. The molecule has 0 aliphatic carbocycles. The Balaban J connectivity index is 1.91. The largest absolute Gasteiger partial charge is 0.480 e. The molecule has 0 saturated carbocycles. The van der Waals surface area contributed by atoms with Crippen molar-refractivity contribution in [2.45, 2.75) is 18.9 Å². The van der Waals surface area contributed by atoms with Crippen LogP contribution < -0.4 is 0 Å². The third-order valence-electron chi connectivity index (χ3n) is 4.04. The van der Waals surface area contributed by atoms with Crippen LogP contribution in [-0.2, 0) is 9.53 Å². The lowest BCUT2D eigenvalue weighted by Crippen LogP contribution is -2.46. The highest BCUT2D eigenvalue weighted by Crippen LogP contribution is 2.22. The number of aromatic amines is 1. The summed E-state index contributed by atoms with van der Waals surface area (Å²) in [7, 11) is 0. The molecule has 0 bridgehead atoms. The van der Waals surface area contributed by atoms with Crippen LogP contribution in [0.5, 0.6) is 0 Å². The first-order chi connectivity index (χ1) is 11.1. The highest BCUT2D eigenvalue weighted by molar-refractivity contribution is 5.99. The van der Waals surface area contributed by atoms with E-state index in [-0.39, 0.29) is 18.3 Å². The predicted molar refractivity (Wildman–Crippen MR) is 80.8 cm³/mol. The van der Waals surface area contributed by atoms with Gasteiger partial charge in [-0.25, -0.2) is 4.39 Å². The number of aliphatic carboxylic acids is 1. The third-order valence-corrected chi connectivity index (χ3v) is 4.04. The van der Waals surface area contributed by atoms with Crippen molar-refractivity contribution in [1.29, 1.82) is 0 Å². The van der Waals surface area contributed by atoms with Gasteiger partial charge in [-0.15, -0.1) is 0 Å². The third kappa shape index (κ3) is 3.19. The number of carbonyl (C=O) groups is 2. The lowest BCUT2D eigenvalue weighted by molar-refractivity contribution is -0.138. The number of nitrogens with zero attached hydrogens (tertiary/aromatic N) is 1. The normalized spacial score (nSPS) is 15.7. The SMILES string of the molecule is O=C(O)CN(C(=O)c1cc2c(F)cccc2[nH]1)C1CCOCC1. The average molecular weight is 320 g/mol. The van der Waals surface area contributed by atoms with Crippen LogP contribution in [-0.4, -0.2) is 52.7 Å².